The topological polar surface area (TPSA) is 23.1 Å². The van der Waals surface area contributed by atoms with Gasteiger partial charge in [-0.25, -0.2) is 0 Å². The zero-order valence-corrected chi connectivity index (χ0v) is 16.9. The molecule has 0 heterocycles. The fraction of sp³-hybridized carbons (Fsp3) is 0.938. The van der Waals surface area contributed by atoms with Crippen LogP contribution < -0.4 is 34.7 Å². The average molecular weight is 341 g/mol. The molecule has 3 heteroatoms. The van der Waals surface area contributed by atoms with Crippen molar-refractivity contribution in [3.63, 3.8) is 0 Å². The normalized spacial score (nSPS) is 10.2. The molecule has 0 N–H and O–H groups in total. The van der Waals surface area contributed by atoms with Crippen LogP contribution in [0.2, 0.25) is 0 Å². The second kappa shape index (κ2) is 19.2. The minimum absolute atomic E-state index is 0. The van der Waals surface area contributed by atoms with Gasteiger partial charge in [-0.3, -0.25) is 0 Å². The standard InChI is InChI=1S/C16H32OSe.Na/c1-2-3-4-5-6-7-8-9-10-11-12-13-14-15-16(17)18;/h2-15H2,1H3,(H,17,18);/q;+1/p-1. The van der Waals surface area contributed by atoms with Crippen molar-refractivity contribution in [2.24, 2.45) is 0 Å². The van der Waals surface area contributed by atoms with Gasteiger partial charge in [-0.15, -0.1) is 0 Å². The fourth-order valence-corrected chi connectivity index (χ4v) is 2.59. The molecule has 0 bridgehead atoms. The Morgan fingerprint density at radius 3 is 1.32 bits per heavy atom. The Labute approximate surface area is 151 Å². The average Bonchev–Trinajstić information content (AvgIpc) is 2.34. The predicted octanol–water partition coefficient (Wildman–Crippen LogP) is 1.13. The van der Waals surface area contributed by atoms with Crippen molar-refractivity contribution in [1.82, 2.24) is 0 Å². The quantitative estimate of drug-likeness (QED) is 0.343. The van der Waals surface area contributed by atoms with Crippen LogP contribution in [0.5, 0.6) is 0 Å². The Bertz CT molecular complexity index is 186. The molecule has 0 aliphatic carbocycles. The summed E-state index contributed by atoms with van der Waals surface area (Å²) in [7, 11) is 0. The van der Waals surface area contributed by atoms with Crippen molar-refractivity contribution >= 4 is 20.2 Å². The molecule has 0 aromatic heterocycles. The second-order valence-electron chi connectivity index (χ2n) is 5.36. The van der Waals surface area contributed by atoms with Gasteiger partial charge in [-0.2, -0.15) is 0 Å². The maximum absolute atomic E-state index is 10.7. The van der Waals surface area contributed by atoms with Crippen molar-refractivity contribution in [2.75, 3.05) is 0 Å². The van der Waals surface area contributed by atoms with Crippen molar-refractivity contribution in [2.45, 2.75) is 96.8 Å². The number of rotatable bonds is 14. The summed E-state index contributed by atoms with van der Waals surface area (Å²) < 4.78 is 0.220. The largest absolute Gasteiger partial charge is 1.00 e. The molecule has 19 heavy (non-hydrogen) atoms. The molecule has 0 fully saturated rings. The summed E-state index contributed by atoms with van der Waals surface area (Å²) in [6, 6.07) is 0. The summed E-state index contributed by atoms with van der Waals surface area (Å²) in [5.41, 5.74) is 0. The van der Waals surface area contributed by atoms with Crippen molar-refractivity contribution in [3.05, 3.63) is 0 Å². The zero-order chi connectivity index (χ0) is 13.5. The maximum atomic E-state index is 10.7. The Hall–Kier alpha value is 1.19. The molecule has 0 spiro atoms. The maximum Gasteiger partial charge on any atom is 1.00 e. The van der Waals surface area contributed by atoms with Gasteiger partial charge < -0.3 is 0 Å². The molecule has 0 aliphatic heterocycles. The van der Waals surface area contributed by atoms with E-state index in [0.717, 1.165) is 12.8 Å². The van der Waals surface area contributed by atoms with Gasteiger partial charge in [0.1, 0.15) is 0 Å². The molecule has 0 saturated heterocycles. The molecule has 0 atom stereocenters. The summed E-state index contributed by atoms with van der Waals surface area (Å²) in [5.74, 6) is 0. The molecular formula is C16H31NaOSe. The first-order chi connectivity index (χ1) is 8.77. The van der Waals surface area contributed by atoms with E-state index in [0.29, 0.717) is 0 Å². The van der Waals surface area contributed by atoms with Gasteiger partial charge in [0.15, 0.2) is 0 Å². The summed E-state index contributed by atoms with van der Waals surface area (Å²) in [5, 5.41) is 10.7. The molecule has 0 amide bonds. The Balaban J connectivity index is 0. The van der Waals surface area contributed by atoms with Crippen molar-refractivity contribution < 1.29 is 34.7 Å². The van der Waals surface area contributed by atoms with Crippen LogP contribution >= 0.6 is 0 Å². The van der Waals surface area contributed by atoms with E-state index in [1.165, 1.54) is 77.0 Å². The van der Waals surface area contributed by atoms with E-state index in [4.69, 9.17) is 0 Å². The first-order valence-corrected chi connectivity index (χ1v) is 8.83. The van der Waals surface area contributed by atoms with Crippen LogP contribution in [0.15, 0.2) is 0 Å². The Morgan fingerprint density at radius 1 is 0.684 bits per heavy atom. The van der Waals surface area contributed by atoms with Crippen LogP contribution in [0.3, 0.4) is 0 Å². The van der Waals surface area contributed by atoms with Crippen molar-refractivity contribution in [3.8, 4) is 0 Å². The monoisotopic (exact) mass is 342 g/mol. The molecule has 0 aliphatic rings. The first-order valence-electron chi connectivity index (χ1n) is 7.97. The summed E-state index contributed by atoms with van der Waals surface area (Å²) >= 11 is 2.54. The van der Waals surface area contributed by atoms with E-state index in [2.05, 4.69) is 22.5 Å². The van der Waals surface area contributed by atoms with Crippen molar-refractivity contribution in [1.29, 1.82) is 0 Å². The smallest absolute Gasteiger partial charge is 1.00 e. The molecule has 1 nitrogen and oxygen atoms in total. The first kappa shape index (κ1) is 22.5. The van der Waals surface area contributed by atoms with Gasteiger partial charge in [0.25, 0.3) is 0 Å². The van der Waals surface area contributed by atoms with Gasteiger partial charge >= 0.3 is 125 Å². The minimum atomic E-state index is 0. The van der Waals surface area contributed by atoms with Crippen LogP contribution in [0, 0.1) is 0 Å². The Kier molecular flexibility index (Phi) is 22.7. The van der Waals surface area contributed by atoms with E-state index in [9.17, 15) is 5.11 Å². The van der Waals surface area contributed by atoms with E-state index >= 15 is 0 Å². The van der Waals surface area contributed by atoms with Gasteiger partial charge in [0.2, 0.25) is 0 Å². The third-order valence-corrected chi connectivity index (χ3v) is 3.91. The SMILES string of the molecule is CCCCCCCCCCCCCCCC([O-])=[Se].[Na+]. The second-order valence-corrected chi connectivity index (χ2v) is 6.32. The van der Waals surface area contributed by atoms with Crippen LogP contribution in [0.1, 0.15) is 96.8 Å². The van der Waals surface area contributed by atoms with E-state index in [-0.39, 0.29) is 34.2 Å². The summed E-state index contributed by atoms with van der Waals surface area (Å²) in [4.78, 5) is 0. The van der Waals surface area contributed by atoms with Crippen LogP contribution in [-0.4, -0.2) is 20.2 Å². The molecule has 0 saturated carbocycles. The Morgan fingerprint density at radius 2 is 1.00 bits per heavy atom. The molecule has 0 unspecified atom stereocenters. The van der Waals surface area contributed by atoms with Crippen LogP contribution in [0.25, 0.3) is 0 Å². The fourth-order valence-electron chi connectivity index (χ4n) is 2.29. The summed E-state index contributed by atoms with van der Waals surface area (Å²) in [6.07, 6.45) is 18.4. The number of unbranched alkanes of at least 4 members (excludes halogenated alkanes) is 12. The third-order valence-electron chi connectivity index (χ3n) is 3.48. The van der Waals surface area contributed by atoms with Gasteiger partial charge in [-0.1, -0.05) is 26.2 Å². The number of hydrogen-bond acceptors (Lipinski definition) is 1. The molecule has 0 radical (unpaired) electrons. The third kappa shape index (κ3) is 21.6. The molecular weight excluding hydrogens is 310 g/mol. The number of hydrogen-bond donors (Lipinski definition) is 0. The van der Waals surface area contributed by atoms with E-state index < -0.39 is 0 Å². The molecule has 0 rings (SSSR count). The van der Waals surface area contributed by atoms with Crippen LogP contribution in [-0.2, 0) is 0 Å². The zero-order valence-electron chi connectivity index (χ0n) is 13.2. The minimum Gasteiger partial charge on any atom is 1.00 e. The van der Waals surface area contributed by atoms with Crippen LogP contribution in [0.4, 0.5) is 0 Å². The van der Waals surface area contributed by atoms with Gasteiger partial charge in [-0.05, 0) is 0 Å². The van der Waals surface area contributed by atoms with E-state index in [1.54, 1.807) is 0 Å². The molecule has 0 aromatic carbocycles. The van der Waals surface area contributed by atoms with Gasteiger partial charge in [0, 0.05) is 0 Å². The molecule has 108 valence electrons. The summed E-state index contributed by atoms with van der Waals surface area (Å²) in [6.45, 7) is 2.27. The van der Waals surface area contributed by atoms with Gasteiger partial charge in [0.05, 0.1) is 0 Å². The van der Waals surface area contributed by atoms with E-state index in [1.807, 2.05) is 0 Å². The molecule has 0 aromatic rings. The predicted molar refractivity (Wildman–Crippen MR) is 81.1 cm³/mol.